The van der Waals surface area contributed by atoms with Crippen molar-refractivity contribution in [3.63, 3.8) is 0 Å². The first-order chi connectivity index (χ1) is 10.1. The van der Waals surface area contributed by atoms with Gasteiger partial charge in [-0.15, -0.1) is 0 Å². The van der Waals surface area contributed by atoms with Gasteiger partial charge in [0.15, 0.2) is 11.5 Å². The quantitative estimate of drug-likeness (QED) is 0.763. The zero-order valence-corrected chi connectivity index (χ0v) is 12.3. The van der Waals surface area contributed by atoms with E-state index in [1.165, 1.54) is 0 Å². The number of urea groups is 1. The van der Waals surface area contributed by atoms with Gasteiger partial charge < -0.3 is 20.2 Å². The Bertz CT molecular complexity index is 609. The summed E-state index contributed by atoms with van der Waals surface area (Å²) in [5.74, 6) is 0.926. The molecule has 0 saturated carbocycles. The van der Waals surface area contributed by atoms with E-state index < -0.39 is 0 Å². The van der Waals surface area contributed by atoms with E-state index in [4.69, 9.17) is 9.52 Å². The highest BCUT2D eigenvalue weighted by Gasteiger charge is 2.08. The number of amides is 2. The molecule has 21 heavy (non-hydrogen) atoms. The van der Waals surface area contributed by atoms with Crippen molar-refractivity contribution in [3.05, 3.63) is 24.1 Å². The molecule has 3 N–H and O–H groups in total. The summed E-state index contributed by atoms with van der Waals surface area (Å²) in [5.41, 5.74) is 2.12. The second-order valence-electron chi connectivity index (χ2n) is 5.10. The molecule has 0 aliphatic heterocycles. The summed E-state index contributed by atoms with van der Waals surface area (Å²) in [7, 11) is 0. The zero-order valence-electron chi connectivity index (χ0n) is 12.3. The maximum absolute atomic E-state index is 11.8. The monoisotopic (exact) mass is 291 g/mol. The van der Waals surface area contributed by atoms with Crippen molar-refractivity contribution in [1.82, 2.24) is 10.3 Å². The Labute approximate surface area is 123 Å². The van der Waals surface area contributed by atoms with Gasteiger partial charge in [-0.25, -0.2) is 9.78 Å². The van der Waals surface area contributed by atoms with E-state index >= 15 is 0 Å². The van der Waals surface area contributed by atoms with Crippen LogP contribution in [0.5, 0.6) is 0 Å². The van der Waals surface area contributed by atoms with Crippen LogP contribution in [0.15, 0.2) is 22.6 Å². The van der Waals surface area contributed by atoms with Gasteiger partial charge in [0.25, 0.3) is 0 Å². The fourth-order valence-corrected chi connectivity index (χ4v) is 1.97. The average Bonchev–Trinajstić information content (AvgIpc) is 2.88. The molecular formula is C15H21N3O3. The number of carbonyl (C=O) groups is 1. The van der Waals surface area contributed by atoms with Gasteiger partial charge in [-0.2, -0.15) is 0 Å². The number of hydrogen-bond acceptors (Lipinski definition) is 4. The number of oxazole rings is 1. The molecule has 2 aromatic rings. The molecule has 1 atom stereocenters. The molecule has 0 fully saturated rings. The third-order valence-corrected chi connectivity index (χ3v) is 3.23. The van der Waals surface area contributed by atoms with Crippen molar-refractivity contribution < 1.29 is 14.3 Å². The molecule has 0 aliphatic rings. The lowest BCUT2D eigenvalue weighted by Crippen LogP contribution is -2.32. The van der Waals surface area contributed by atoms with Crippen molar-refractivity contribution >= 4 is 22.8 Å². The largest absolute Gasteiger partial charge is 0.441 e. The Morgan fingerprint density at radius 3 is 3.00 bits per heavy atom. The molecule has 0 spiro atoms. The van der Waals surface area contributed by atoms with Crippen LogP contribution in [-0.2, 0) is 6.42 Å². The van der Waals surface area contributed by atoms with Crippen molar-refractivity contribution in [1.29, 1.82) is 0 Å². The highest BCUT2D eigenvalue weighted by Crippen LogP contribution is 2.20. The summed E-state index contributed by atoms with van der Waals surface area (Å²) < 4.78 is 5.52. The SMILES string of the molecule is CCc1nc2cc(NC(=O)NCC(C)CCO)ccc2o1. The lowest BCUT2D eigenvalue weighted by atomic mass is 10.1. The topological polar surface area (TPSA) is 87.4 Å². The van der Waals surface area contributed by atoms with E-state index in [9.17, 15) is 4.79 Å². The third-order valence-electron chi connectivity index (χ3n) is 3.23. The van der Waals surface area contributed by atoms with Crippen LogP contribution in [0, 0.1) is 5.92 Å². The molecule has 1 unspecified atom stereocenters. The van der Waals surface area contributed by atoms with E-state index in [0.29, 0.717) is 24.5 Å². The number of aryl methyl sites for hydroxylation is 1. The molecule has 2 rings (SSSR count). The van der Waals surface area contributed by atoms with E-state index in [2.05, 4.69) is 15.6 Å². The summed E-state index contributed by atoms with van der Waals surface area (Å²) in [6, 6.07) is 5.10. The minimum atomic E-state index is -0.265. The fourth-order valence-electron chi connectivity index (χ4n) is 1.97. The normalized spacial score (nSPS) is 12.3. The van der Waals surface area contributed by atoms with Crippen LogP contribution in [0.25, 0.3) is 11.1 Å². The number of fused-ring (bicyclic) bond motifs is 1. The Balaban J connectivity index is 1.94. The molecular weight excluding hydrogens is 270 g/mol. The van der Waals surface area contributed by atoms with Gasteiger partial charge in [0.1, 0.15) is 5.52 Å². The number of rotatable bonds is 6. The van der Waals surface area contributed by atoms with Crippen molar-refractivity contribution in [3.8, 4) is 0 Å². The summed E-state index contributed by atoms with van der Waals surface area (Å²) in [5, 5.41) is 14.4. The van der Waals surface area contributed by atoms with Gasteiger partial charge in [0, 0.05) is 25.3 Å². The van der Waals surface area contributed by atoms with E-state index in [0.717, 1.165) is 17.5 Å². The van der Waals surface area contributed by atoms with Crippen molar-refractivity contribution in [2.45, 2.75) is 26.7 Å². The smallest absolute Gasteiger partial charge is 0.319 e. The number of aromatic nitrogens is 1. The first-order valence-electron chi connectivity index (χ1n) is 7.17. The second-order valence-corrected chi connectivity index (χ2v) is 5.10. The lowest BCUT2D eigenvalue weighted by molar-refractivity contribution is 0.243. The summed E-state index contributed by atoms with van der Waals surface area (Å²) in [6.45, 7) is 4.61. The van der Waals surface area contributed by atoms with Crippen LogP contribution in [0.2, 0.25) is 0 Å². The molecule has 114 valence electrons. The predicted octanol–water partition coefficient (Wildman–Crippen LogP) is 2.53. The first-order valence-corrected chi connectivity index (χ1v) is 7.17. The number of anilines is 1. The van der Waals surface area contributed by atoms with Crippen LogP contribution in [0.1, 0.15) is 26.2 Å². The summed E-state index contributed by atoms with van der Waals surface area (Å²) in [6.07, 6.45) is 1.41. The van der Waals surface area contributed by atoms with E-state index in [-0.39, 0.29) is 18.6 Å². The number of aliphatic hydroxyl groups is 1. The van der Waals surface area contributed by atoms with Crippen LogP contribution in [-0.4, -0.2) is 29.3 Å². The van der Waals surface area contributed by atoms with Gasteiger partial charge in [-0.3, -0.25) is 0 Å². The van der Waals surface area contributed by atoms with E-state index in [1.54, 1.807) is 18.2 Å². The fraction of sp³-hybridized carbons (Fsp3) is 0.467. The maximum atomic E-state index is 11.8. The van der Waals surface area contributed by atoms with Gasteiger partial charge in [-0.05, 0) is 30.5 Å². The summed E-state index contributed by atoms with van der Waals surface area (Å²) in [4.78, 5) is 16.1. The van der Waals surface area contributed by atoms with Crippen LogP contribution in [0.3, 0.4) is 0 Å². The molecule has 1 heterocycles. The number of carbonyl (C=O) groups excluding carboxylic acids is 1. The number of hydrogen-bond donors (Lipinski definition) is 3. The van der Waals surface area contributed by atoms with Crippen molar-refractivity contribution in [2.75, 3.05) is 18.5 Å². The predicted molar refractivity (Wildman–Crippen MR) is 81.3 cm³/mol. The Morgan fingerprint density at radius 2 is 2.29 bits per heavy atom. The highest BCUT2D eigenvalue weighted by molar-refractivity contribution is 5.91. The maximum Gasteiger partial charge on any atom is 0.319 e. The number of nitrogens with zero attached hydrogens (tertiary/aromatic N) is 1. The van der Waals surface area contributed by atoms with Gasteiger partial charge in [-0.1, -0.05) is 13.8 Å². The lowest BCUT2D eigenvalue weighted by Gasteiger charge is -2.12. The number of benzene rings is 1. The molecule has 0 aliphatic carbocycles. The molecule has 1 aromatic carbocycles. The van der Waals surface area contributed by atoms with Gasteiger partial charge >= 0.3 is 6.03 Å². The van der Waals surface area contributed by atoms with Crippen LogP contribution in [0.4, 0.5) is 10.5 Å². The molecule has 6 nitrogen and oxygen atoms in total. The number of nitrogens with one attached hydrogen (secondary N) is 2. The Hall–Kier alpha value is -2.08. The summed E-state index contributed by atoms with van der Waals surface area (Å²) >= 11 is 0. The molecule has 0 bridgehead atoms. The van der Waals surface area contributed by atoms with Gasteiger partial charge in [0.2, 0.25) is 0 Å². The van der Waals surface area contributed by atoms with Crippen LogP contribution >= 0.6 is 0 Å². The molecule has 6 heteroatoms. The minimum Gasteiger partial charge on any atom is -0.441 e. The molecule has 2 amide bonds. The van der Waals surface area contributed by atoms with E-state index in [1.807, 2.05) is 13.8 Å². The Kier molecular flexibility index (Phi) is 5.16. The molecule has 0 radical (unpaired) electrons. The number of aliphatic hydroxyl groups excluding tert-OH is 1. The molecule has 0 saturated heterocycles. The highest BCUT2D eigenvalue weighted by atomic mass is 16.3. The zero-order chi connectivity index (χ0) is 15.2. The average molecular weight is 291 g/mol. The standard InChI is InChI=1S/C15H21N3O3/c1-3-14-18-12-8-11(4-5-13(12)21-14)17-15(20)16-9-10(2)6-7-19/h4-5,8,10,19H,3,6-7,9H2,1-2H3,(H2,16,17,20). The first kappa shape index (κ1) is 15.3. The van der Waals surface area contributed by atoms with Crippen LogP contribution < -0.4 is 10.6 Å². The van der Waals surface area contributed by atoms with Crippen molar-refractivity contribution in [2.24, 2.45) is 5.92 Å². The second kappa shape index (κ2) is 7.08. The third kappa shape index (κ3) is 4.19. The Morgan fingerprint density at radius 1 is 1.48 bits per heavy atom. The van der Waals surface area contributed by atoms with Gasteiger partial charge in [0.05, 0.1) is 0 Å². The molecule has 1 aromatic heterocycles. The minimum absolute atomic E-state index is 0.132.